The quantitative estimate of drug-likeness (QED) is 0.870. The molecule has 1 atom stereocenters. The fraction of sp³-hybridized carbons (Fsp3) is 0.611. The second-order valence-electron chi connectivity index (χ2n) is 6.37. The third kappa shape index (κ3) is 4.76. The fourth-order valence-electron chi connectivity index (χ4n) is 2.67. The van der Waals surface area contributed by atoms with E-state index in [1.54, 1.807) is 0 Å². The van der Waals surface area contributed by atoms with Crippen molar-refractivity contribution in [3.63, 3.8) is 0 Å². The molecule has 1 N–H and O–H groups in total. The first kappa shape index (κ1) is 15.9. The van der Waals surface area contributed by atoms with E-state index < -0.39 is 6.10 Å². The van der Waals surface area contributed by atoms with Crippen molar-refractivity contribution in [3.8, 4) is 5.75 Å². The SMILES string of the molecule is CC(C)CCNC(=O)[C@@H](C)Oc1ccc2c(c1)CCCC2. The Morgan fingerprint density at radius 3 is 2.62 bits per heavy atom. The largest absolute Gasteiger partial charge is 0.481 e. The molecule has 1 aromatic carbocycles. The van der Waals surface area contributed by atoms with E-state index in [4.69, 9.17) is 4.74 Å². The molecule has 1 aliphatic rings. The molecule has 0 radical (unpaired) electrons. The highest BCUT2D eigenvalue weighted by Gasteiger charge is 2.16. The summed E-state index contributed by atoms with van der Waals surface area (Å²) in [5.74, 6) is 1.37. The Hall–Kier alpha value is -1.51. The van der Waals surface area contributed by atoms with Gasteiger partial charge in [-0.25, -0.2) is 0 Å². The minimum atomic E-state index is -0.446. The van der Waals surface area contributed by atoms with E-state index >= 15 is 0 Å². The molecule has 0 aromatic heterocycles. The first-order valence-corrected chi connectivity index (χ1v) is 8.12. The van der Waals surface area contributed by atoms with Crippen LogP contribution in [-0.4, -0.2) is 18.6 Å². The Kier molecular flexibility index (Phi) is 5.66. The van der Waals surface area contributed by atoms with Gasteiger partial charge in [-0.05, 0) is 68.2 Å². The molecule has 0 heterocycles. The Morgan fingerprint density at radius 1 is 1.19 bits per heavy atom. The van der Waals surface area contributed by atoms with Gasteiger partial charge in [0.05, 0.1) is 0 Å². The lowest BCUT2D eigenvalue weighted by Gasteiger charge is -2.19. The Balaban J connectivity index is 1.87. The van der Waals surface area contributed by atoms with E-state index in [0.717, 1.165) is 18.6 Å². The lowest BCUT2D eigenvalue weighted by atomic mass is 9.92. The van der Waals surface area contributed by atoms with E-state index in [1.165, 1.54) is 30.4 Å². The first-order valence-electron chi connectivity index (χ1n) is 8.12. The van der Waals surface area contributed by atoms with Gasteiger partial charge in [0.2, 0.25) is 0 Å². The number of rotatable bonds is 6. The third-order valence-electron chi connectivity index (χ3n) is 4.02. The predicted octanol–water partition coefficient (Wildman–Crippen LogP) is 3.50. The Morgan fingerprint density at radius 2 is 1.90 bits per heavy atom. The average Bonchev–Trinajstić information content (AvgIpc) is 2.46. The third-order valence-corrected chi connectivity index (χ3v) is 4.02. The number of hydrogen-bond donors (Lipinski definition) is 1. The summed E-state index contributed by atoms with van der Waals surface area (Å²) in [4.78, 5) is 12.0. The fourth-order valence-corrected chi connectivity index (χ4v) is 2.67. The minimum Gasteiger partial charge on any atom is -0.481 e. The lowest BCUT2D eigenvalue weighted by molar-refractivity contribution is -0.127. The van der Waals surface area contributed by atoms with Crippen LogP contribution in [0.5, 0.6) is 5.75 Å². The van der Waals surface area contributed by atoms with Gasteiger partial charge < -0.3 is 10.1 Å². The summed E-state index contributed by atoms with van der Waals surface area (Å²) >= 11 is 0. The zero-order chi connectivity index (χ0) is 15.2. The molecule has 0 saturated carbocycles. The molecule has 0 fully saturated rings. The van der Waals surface area contributed by atoms with Crippen LogP contribution < -0.4 is 10.1 Å². The zero-order valence-corrected chi connectivity index (χ0v) is 13.4. The Bertz CT molecular complexity index is 482. The number of benzene rings is 1. The number of hydrogen-bond acceptors (Lipinski definition) is 2. The van der Waals surface area contributed by atoms with Crippen LogP contribution in [0.25, 0.3) is 0 Å². The zero-order valence-electron chi connectivity index (χ0n) is 13.4. The first-order chi connectivity index (χ1) is 10.1. The summed E-state index contributed by atoms with van der Waals surface area (Å²) < 4.78 is 5.79. The standard InChI is InChI=1S/C18H27NO2/c1-13(2)10-11-19-18(20)14(3)21-17-9-8-15-6-4-5-7-16(15)12-17/h8-9,12-14H,4-7,10-11H2,1-3H3,(H,19,20)/t14-/m1/s1. The van der Waals surface area contributed by atoms with Gasteiger partial charge in [0.1, 0.15) is 5.75 Å². The molecule has 0 unspecified atom stereocenters. The topological polar surface area (TPSA) is 38.3 Å². The van der Waals surface area contributed by atoms with Gasteiger partial charge in [0.25, 0.3) is 5.91 Å². The number of carbonyl (C=O) groups excluding carboxylic acids is 1. The maximum absolute atomic E-state index is 12.0. The van der Waals surface area contributed by atoms with Crippen LogP contribution >= 0.6 is 0 Å². The maximum Gasteiger partial charge on any atom is 0.260 e. The summed E-state index contributed by atoms with van der Waals surface area (Å²) in [5, 5.41) is 2.93. The van der Waals surface area contributed by atoms with Crippen molar-refractivity contribution in [3.05, 3.63) is 29.3 Å². The van der Waals surface area contributed by atoms with Crippen LogP contribution in [0.2, 0.25) is 0 Å². The van der Waals surface area contributed by atoms with Gasteiger partial charge in [0.15, 0.2) is 6.10 Å². The lowest BCUT2D eigenvalue weighted by Crippen LogP contribution is -2.37. The molecule has 3 heteroatoms. The highest BCUT2D eigenvalue weighted by Crippen LogP contribution is 2.25. The molecule has 116 valence electrons. The van der Waals surface area contributed by atoms with E-state index in [0.29, 0.717) is 12.5 Å². The smallest absolute Gasteiger partial charge is 0.260 e. The average molecular weight is 289 g/mol. The van der Waals surface area contributed by atoms with Crippen molar-refractivity contribution < 1.29 is 9.53 Å². The van der Waals surface area contributed by atoms with E-state index in [2.05, 4.69) is 31.3 Å². The van der Waals surface area contributed by atoms with Gasteiger partial charge in [0, 0.05) is 6.54 Å². The Labute approximate surface area is 128 Å². The molecule has 2 rings (SSSR count). The summed E-state index contributed by atoms with van der Waals surface area (Å²) in [6, 6.07) is 6.24. The number of fused-ring (bicyclic) bond motifs is 1. The van der Waals surface area contributed by atoms with Crippen LogP contribution in [0.15, 0.2) is 18.2 Å². The number of carbonyl (C=O) groups is 1. The van der Waals surface area contributed by atoms with Gasteiger partial charge in [-0.1, -0.05) is 19.9 Å². The summed E-state index contributed by atoms with van der Waals surface area (Å²) in [5.41, 5.74) is 2.81. The monoisotopic (exact) mass is 289 g/mol. The molecular weight excluding hydrogens is 262 g/mol. The van der Waals surface area contributed by atoms with Gasteiger partial charge >= 0.3 is 0 Å². The van der Waals surface area contributed by atoms with Crippen LogP contribution in [0, 0.1) is 5.92 Å². The van der Waals surface area contributed by atoms with Gasteiger partial charge in [-0.2, -0.15) is 0 Å². The second kappa shape index (κ2) is 7.48. The summed E-state index contributed by atoms with van der Waals surface area (Å²) in [6.45, 7) is 6.83. The minimum absolute atomic E-state index is 0.0339. The van der Waals surface area contributed by atoms with E-state index in [1.807, 2.05) is 13.0 Å². The molecule has 0 aliphatic heterocycles. The van der Waals surface area contributed by atoms with E-state index in [9.17, 15) is 4.79 Å². The van der Waals surface area contributed by atoms with Crippen molar-refractivity contribution in [2.24, 2.45) is 5.92 Å². The molecule has 0 bridgehead atoms. The highest BCUT2D eigenvalue weighted by molar-refractivity contribution is 5.80. The van der Waals surface area contributed by atoms with Crippen molar-refractivity contribution in [1.29, 1.82) is 0 Å². The van der Waals surface area contributed by atoms with Gasteiger partial charge in [-0.3, -0.25) is 4.79 Å². The normalized spacial score (nSPS) is 15.4. The molecular formula is C18H27NO2. The number of ether oxygens (including phenoxy) is 1. The molecule has 3 nitrogen and oxygen atoms in total. The van der Waals surface area contributed by atoms with Crippen LogP contribution in [-0.2, 0) is 17.6 Å². The second-order valence-corrected chi connectivity index (χ2v) is 6.37. The highest BCUT2D eigenvalue weighted by atomic mass is 16.5. The van der Waals surface area contributed by atoms with Crippen molar-refractivity contribution in [1.82, 2.24) is 5.32 Å². The van der Waals surface area contributed by atoms with Crippen molar-refractivity contribution in [2.45, 2.75) is 59.0 Å². The molecule has 1 aliphatic carbocycles. The molecule has 1 aromatic rings. The summed E-state index contributed by atoms with van der Waals surface area (Å²) in [6.07, 6.45) is 5.38. The van der Waals surface area contributed by atoms with Crippen LogP contribution in [0.1, 0.15) is 51.2 Å². The molecule has 0 saturated heterocycles. The number of aryl methyl sites for hydroxylation is 2. The maximum atomic E-state index is 12.0. The summed E-state index contributed by atoms with van der Waals surface area (Å²) in [7, 11) is 0. The van der Waals surface area contributed by atoms with Crippen LogP contribution in [0.3, 0.4) is 0 Å². The predicted molar refractivity (Wildman–Crippen MR) is 85.6 cm³/mol. The van der Waals surface area contributed by atoms with Crippen molar-refractivity contribution in [2.75, 3.05) is 6.54 Å². The van der Waals surface area contributed by atoms with Crippen LogP contribution in [0.4, 0.5) is 0 Å². The van der Waals surface area contributed by atoms with Crippen molar-refractivity contribution >= 4 is 5.91 Å². The number of nitrogens with one attached hydrogen (secondary N) is 1. The molecule has 21 heavy (non-hydrogen) atoms. The van der Waals surface area contributed by atoms with E-state index in [-0.39, 0.29) is 5.91 Å². The molecule has 1 amide bonds. The van der Waals surface area contributed by atoms with Gasteiger partial charge in [-0.15, -0.1) is 0 Å². The number of amides is 1. The molecule has 0 spiro atoms.